The molecule has 1 atom stereocenters. The number of nitrogens with zero attached hydrogens (tertiary/aromatic N) is 4. The van der Waals surface area contributed by atoms with E-state index in [-0.39, 0.29) is 11.9 Å². The summed E-state index contributed by atoms with van der Waals surface area (Å²) in [5.74, 6) is 1.16. The standard InChI is InChI=1S/C22H25BrN4O2S/c23-19-2-1-18-14-26(7-4-17(18)10-19)22(29)27-12-16(13-27)9-15-3-6-25(11-15)21(28)20-24-5-8-30-20/h1-2,5,8,10,15-16H,3-4,6-7,9,11-14H2/t15-/m1/s1. The molecule has 2 fully saturated rings. The molecule has 2 saturated heterocycles. The van der Waals surface area contributed by atoms with Crippen molar-refractivity contribution in [2.75, 3.05) is 32.7 Å². The van der Waals surface area contributed by atoms with Gasteiger partial charge >= 0.3 is 6.03 Å². The molecule has 0 spiro atoms. The second-order valence-corrected chi connectivity index (χ2v) is 10.4. The maximum absolute atomic E-state index is 12.9. The maximum Gasteiger partial charge on any atom is 0.320 e. The first-order valence-electron chi connectivity index (χ1n) is 10.6. The lowest BCUT2D eigenvalue weighted by molar-refractivity contribution is 0.0729. The Balaban J connectivity index is 1.08. The van der Waals surface area contributed by atoms with E-state index in [2.05, 4.69) is 39.1 Å². The largest absolute Gasteiger partial charge is 0.336 e. The van der Waals surface area contributed by atoms with Crippen LogP contribution in [0.3, 0.4) is 0 Å². The second kappa shape index (κ2) is 8.30. The van der Waals surface area contributed by atoms with E-state index in [1.54, 1.807) is 6.20 Å². The fourth-order valence-electron chi connectivity index (χ4n) is 4.91. The third kappa shape index (κ3) is 3.99. The van der Waals surface area contributed by atoms with Crippen LogP contribution in [0.4, 0.5) is 4.79 Å². The number of benzene rings is 1. The zero-order valence-corrected chi connectivity index (χ0v) is 19.2. The summed E-state index contributed by atoms with van der Waals surface area (Å²) >= 11 is 4.94. The number of thiazole rings is 1. The molecule has 8 heteroatoms. The Hall–Kier alpha value is -1.93. The lowest BCUT2D eigenvalue weighted by Crippen LogP contribution is -2.55. The van der Waals surface area contributed by atoms with Crippen LogP contribution < -0.4 is 0 Å². The molecule has 4 heterocycles. The molecule has 6 nitrogen and oxygen atoms in total. The highest BCUT2D eigenvalue weighted by Gasteiger charge is 2.37. The molecule has 3 amide bonds. The molecular formula is C22H25BrN4O2S. The monoisotopic (exact) mass is 488 g/mol. The van der Waals surface area contributed by atoms with Crippen molar-refractivity contribution in [2.45, 2.75) is 25.8 Å². The van der Waals surface area contributed by atoms with Crippen molar-refractivity contribution in [1.29, 1.82) is 0 Å². The molecule has 0 saturated carbocycles. The molecule has 3 aliphatic heterocycles. The van der Waals surface area contributed by atoms with Gasteiger partial charge in [-0.2, -0.15) is 0 Å². The van der Waals surface area contributed by atoms with E-state index in [1.165, 1.54) is 22.5 Å². The highest BCUT2D eigenvalue weighted by Crippen LogP contribution is 2.31. The van der Waals surface area contributed by atoms with E-state index in [1.807, 2.05) is 20.1 Å². The number of hydrogen-bond donors (Lipinski definition) is 0. The minimum Gasteiger partial charge on any atom is -0.336 e. The van der Waals surface area contributed by atoms with E-state index in [9.17, 15) is 9.59 Å². The minimum absolute atomic E-state index is 0.0651. The molecule has 1 aromatic carbocycles. The van der Waals surface area contributed by atoms with Gasteiger partial charge in [0.2, 0.25) is 0 Å². The van der Waals surface area contributed by atoms with Gasteiger partial charge in [0.25, 0.3) is 5.91 Å². The zero-order valence-electron chi connectivity index (χ0n) is 16.8. The normalized spacial score (nSPS) is 21.5. The summed E-state index contributed by atoms with van der Waals surface area (Å²) in [5, 5.41) is 2.44. The van der Waals surface area contributed by atoms with Crippen LogP contribution in [-0.2, 0) is 13.0 Å². The van der Waals surface area contributed by atoms with Crippen molar-refractivity contribution in [2.24, 2.45) is 11.8 Å². The lowest BCUT2D eigenvalue weighted by Gasteiger charge is -2.43. The number of urea groups is 1. The minimum atomic E-state index is 0.0651. The Morgan fingerprint density at radius 2 is 1.90 bits per heavy atom. The SMILES string of the molecule is O=C(c1nccs1)N1CC[C@H](CC2CN(C(=O)N3CCc4cc(Br)ccc4C3)C2)C1. The second-order valence-electron chi connectivity index (χ2n) is 8.62. The third-order valence-electron chi connectivity index (χ3n) is 6.53. The summed E-state index contributed by atoms with van der Waals surface area (Å²) in [6.45, 7) is 4.83. The highest BCUT2D eigenvalue weighted by atomic mass is 79.9. The van der Waals surface area contributed by atoms with Crippen molar-refractivity contribution in [3.05, 3.63) is 50.4 Å². The van der Waals surface area contributed by atoms with Crippen LogP contribution in [0.1, 0.15) is 33.8 Å². The van der Waals surface area contributed by atoms with Crippen LogP contribution in [0.2, 0.25) is 0 Å². The summed E-state index contributed by atoms with van der Waals surface area (Å²) < 4.78 is 1.10. The molecule has 0 bridgehead atoms. The first kappa shape index (κ1) is 20.0. The Morgan fingerprint density at radius 3 is 2.70 bits per heavy atom. The number of halogens is 1. The molecule has 3 aliphatic rings. The number of amides is 3. The number of likely N-dealkylation sites (tertiary alicyclic amines) is 2. The van der Waals surface area contributed by atoms with E-state index in [0.29, 0.717) is 23.4 Å². The van der Waals surface area contributed by atoms with Crippen LogP contribution in [0, 0.1) is 11.8 Å². The average molecular weight is 489 g/mol. The number of rotatable bonds is 3. The van der Waals surface area contributed by atoms with E-state index >= 15 is 0 Å². The smallest absolute Gasteiger partial charge is 0.320 e. The molecule has 1 aromatic heterocycles. The molecule has 0 unspecified atom stereocenters. The van der Waals surface area contributed by atoms with Gasteiger partial charge in [0.05, 0.1) is 0 Å². The van der Waals surface area contributed by atoms with E-state index in [4.69, 9.17) is 0 Å². The quantitative estimate of drug-likeness (QED) is 0.658. The summed E-state index contributed by atoms with van der Waals surface area (Å²) in [6.07, 6.45) is 4.76. The summed E-state index contributed by atoms with van der Waals surface area (Å²) in [4.78, 5) is 35.4. The maximum atomic E-state index is 12.9. The first-order valence-corrected chi connectivity index (χ1v) is 12.2. The van der Waals surface area contributed by atoms with Gasteiger partial charge in [-0.3, -0.25) is 4.79 Å². The van der Waals surface area contributed by atoms with Crippen LogP contribution >= 0.6 is 27.3 Å². The molecule has 2 aromatic rings. The first-order chi connectivity index (χ1) is 14.6. The summed E-state index contributed by atoms with van der Waals surface area (Å²) in [6, 6.07) is 6.51. The van der Waals surface area contributed by atoms with Crippen molar-refractivity contribution in [3.8, 4) is 0 Å². The van der Waals surface area contributed by atoms with Gasteiger partial charge in [-0.05, 0) is 54.4 Å². The lowest BCUT2D eigenvalue weighted by atomic mass is 9.88. The van der Waals surface area contributed by atoms with Crippen molar-refractivity contribution >= 4 is 39.2 Å². The van der Waals surface area contributed by atoms with Crippen molar-refractivity contribution in [1.82, 2.24) is 19.7 Å². The number of carbonyl (C=O) groups is 2. The molecular weight excluding hydrogens is 464 g/mol. The molecule has 158 valence electrons. The Bertz CT molecular complexity index is 945. The van der Waals surface area contributed by atoms with Gasteiger partial charge < -0.3 is 14.7 Å². The molecule has 30 heavy (non-hydrogen) atoms. The van der Waals surface area contributed by atoms with Gasteiger partial charge in [-0.25, -0.2) is 9.78 Å². The molecule has 0 radical (unpaired) electrons. The summed E-state index contributed by atoms with van der Waals surface area (Å²) in [5.41, 5.74) is 2.60. The number of carbonyl (C=O) groups excluding carboxylic acids is 2. The van der Waals surface area contributed by atoms with Crippen molar-refractivity contribution < 1.29 is 9.59 Å². The predicted molar refractivity (Wildman–Crippen MR) is 119 cm³/mol. The van der Waals surface area contributed by atoms with Gasteiger partial charge in [-0.1, -0.05) is 22.0 Å². The number of hydrogen-bond acceptors (Lipinski definition) is 4. The molecule has 5 rings (SSSR count). The van der Waals surface area contributed by atoms with Gasteiger partial charge in [0.15, 0.2) is 5.01 Å². The van der Waals surface area contributed by atoms with Gasteiger partial charge in [0, 0.05) is 55.3 Å². The van der Waals surface area contributed by atoms with Gasteiger partial charge in [-0.15, -0.1) is 11.3 Å². The predicted octanol–water partition coefficient (Wildman–Crippen LogP) is 3.87. The fourth-order valence-corrected chi connectivity index (χ4v) is 5.92. The van der Waals surface area contributed by atoms with Crippen LogP contribution in [-0.4, -0.2) is 64.3 Å². The number of aromatic nitrogens is 1. The van der Waals surface area contributed by atoms with Crippen LogP contribution in [0.25, 0.3) is 0 Å². The summed E-state index contributed by atoms with van der Waals surface area (Å²) in [7, 11) is 0. The third-order valence-corrected chi connectivity index (χ3v) is 7.79. The molecule has 0 N–H and O–H groups in total. The Morgan fingerprint density at radius 1 is 1.07 bits per heavy atom. The van der Waals surface area contributed by atoms with E-state index in [0.717, 1.165) is 56.5 Å². The number of fused-ring (bicyclic) bond motifs is 1. The Labute approximate surface area is 189 Å². The molecule has 0 aliphatic carbocycles. The topological polar surface area (TPSA) is 56.8 Å². The van der Waals surface area contributed by atoms with Gasteiger partial charge in [0.1, 0.15) is 0 Å². The average Bonchev–Trinajstić information content (AvgIpc) is 3.41. The Kier molecular flexibility index (Phi) is 5.54. The fraction of sp³-hybridized carbons (Fsp3) is 0.500. The van der Waals surface area contributed by atoms with Crippen molar-refractivity contribution in [3.63, 3.8) is 0 Å². The van der Waals surface area contributed by atoms with Crippen LogP contribution in [0.5, 0.6) is 0 Å². The zero-order chi connectivity index (χ0) is 20.7. The highest BCUT2D eigenvalue weighted by molar-refractivity contribution is 9.10. The van der Waals surface area contributed by atoms with Crippen LogP contribution in [0.15, 0.2) is 34.2 Å². The van der Waals surface area contributed by atoms with E-state index < -0.39 is 0 Å².